The molecule has 0 saturated heterocycles. The van der Waals surface area contributed by atoms with Crippen LogP contribution in [0.3, 0.4) is 0 Å². The van der Waals surface area contributed by atoms with Crippen molar-refractivity contribution in [1.29, 1.82) is 0 Å². The lowest BCUT2D eigenvalue weighted by molar-refractivity contribution is -0.109. The van der Waals surface area contributed by atoms with Gasteiger partial charge >= 0.3 is 0 Å². The Morgan fingerprint density at radius 1 is 0.674 bits per heavy atom. The minimum Gasteiger partial charge on any atom is -0.463 e. The Balaban J connectivity index is -0.000000594. The van der Waals surface area contributed by atoms with E-state index in [1.54, 1.807) is 12.4 Å². The number of nitrogens with zero attached hydrogens (tertiary/aromatic N) is 3. The third-order valence-corrected chi connectivity index (χ3v) is 8.29. The second-order valence-electron chi connectivity index (χ2n) is 12.8. The first kappa shape index (κ1) is 49.0. The van der Waals surface area contributed by atoms with Gasteiger partial charge in [-0.25, -0.2) is 0 Å². The minimum absolute atomic E-state index is 0. The quantitative estimate of drug-likeness (QED) is 0.107. The molecule has 7 heteroatoms. The fourth-order valence-corrected chi connectivity index (χ4v) is 4.92. The zero-order valence-electron chi connectivity index (χ0n) is 31.3. The number of ether oxygens (including phenoxy) is 2. The average molecular weight is 689 g/mol. The van der Waals surface area contributed by atoms with E-state index in [0.29, 0.717) is 6.61 Å². The summed E-state index contributed by atoms with van der Waals surface area (Å²) in [5, 5.41) is 0. The molecule has 0 radical (unpaired) electrons. The van der Waals surface area contributed by atoms with Gasteiger partial charge in [-0.1, -0.05) is 137 Å². The van der Waals surface area contributed by atoms with Crippen LogP contribution in [0.5, 0.6) is 5.75 Å². The Morgan fingerprint density at radius 2 is 1.07 bits per heavy atom. The van der Waals surface area contributed by atoms with E-state index in [0.717, 1.165) is 17.7 Å². The molecule has 1 atom stereocenters. The van der Waals surface area contributed by atoms with E-state index in [2.05, 4.69) is 70.0 Å². The molecule has 0 bridgehead atoms. The van der Waals surface area contributed by atoms with Gasteiger partial charge in [-0.3, -0.25) is 4.98 Å². The molecule has 1 aromatic rings. The molecule has 2 heterocycles. The van der Waals surface area contributed by atoms with Crippen LogP contribution in [0.4, 0.5) is 0 Å². The zero-order valence-corrected chi connectivity index (χ0v) is 32.9. The first-order valence-electron chi connectivity index (χ1n) is 18.2. The zero-order chi connectivity index (χ0) is 32.8. The monoisotopic (exact) mass is 688 g/mol. The van der Waals surface area contributed by atoms with Gasteiger partial charge in [0.25, 0.3) is 0 Å². The standard InChI is InChI=1S/2C15H31N.C9H11NO2.2ClH/c2*1-5-6-7-8-9-10-11-12-13-14-15(2)16(3)4;1-2-9-11-6-7-3-4-10-5-8(7)12-9;;/h2*2,5-14H2,1,3-4H3;3-5,9H,2,6H2,1H3;2*1H. The van der Waals surface area contributed by atoms with Gasteiger partial charge in [0.05, 0.1) is 12.8 Å². The summed E-state index contributed by atoms with van der Waals surface area (Å²) in [6, 6.07) is 1.92. The molecule has 0 aromatic carbocycles. The SMILES string of the molecule is C=C(CCCCCCCCCCC)N(C)C.C=C(CCCCCCCCCCC)N(C)C.CCC1OCc2ccncc2O1.Cl.Cl. The molecule has 1 aliphatic rings. The second kappa shape index (κ2) is 34.9. The highest BCUT2D eigenvalue weighted by Crippen LogP contribution is 2.25. The van der Waals surface area contributed by atoms with Crippen LogP contribution in [0.2, 0.25) is 0 Å². The average Bonchev–Trinajstić information content (AvgIpc) is 3.03. The Kier molecular flexibility index (Phi) is 37.1. The smallest absolute Gasteiger partial charge is 0.200 e. The highest BCUT2D eigenvalue weighted by molar-refractivity contribution is 5.85. The lowest BCUT2D eigenvalue weighted by Gasteiger charge is -2.24. The van der Waals surface area contributed by atoms with Crippen LogP contribution in [-0.2, 0) is 11.3 Å². The van der Waals surface area contributed by atoms with E-state index >= 15 is 0 Å². The van der Waals surface area contributed by atoms with Crippen LogP contribution < -0.4 is 4.74 Å². The van der Waals surface area contributed by atoms with Gasteiger partial charge < -0.3 is 19.3 Å². The number of hydrogen-bond acceptors (Lipinski definition) is 5. The largest absolute Gasteiger partial charge is 0.463 e. The van der Waals surface area contributed by atoms with Crippen molar-refractivity contribution in [1.82, 2.24) is 14.8 Å². The second-order valence-corrected chi connectivity index (χ2v) is 12.8. The third-order valence-electron chi connectivity index (χ3n) is 8.29. The first-order chi connectivity index (χ1) is 21.3. The van der Waals surface area contributed by atoms with E-state index in [9.17, 15) is 0 Å². The highest BCUT2D eigenvalue weighted by Gasteiger charge is 2.17. The van der Waals surface area contributed by atoms with Crippen LogP contribution in [0.15, 0.2) is 43.0 Å². The third kappa shape index (κ3) is 28.8. The Morgan fingerprint density at radius 3 is 1.43 bits per heavy atom. The molecule has 0 saturated carbocycles. The summed E-state index contributed by atoms with van der Waals surface area (Å²) in [6.07, 6.45) is 31.8. The summed E-state index contributed by atoms with van der Waals surface area (Å²) in [5.74, 6) is 0.857. The van der Waals surface area contributed by atoms with Crippen LogP contribution in [0, 0.1) is 0 Å². The molecule has 0 fully saturated rings. The number of halogens is 2. The molecule has 1 aliphatic heterocycles. The number of aromatic nitrogens is 1. The maximum atomic E-state index is 5.50. The van der Waals surface area contributed by atoms with Crippen molar-refractivity contribution in [3.8, 4) is 5.75 Å². The molecule has 0 aliphatic carbocycles. The summed E-state index contributed by atoms with van der Waals surface area (Å²) < 4.78 is 10.9. The lowest BCUT2D eigenvalue weighted by atomic mass is 10.1. The maximum Gasteiger partial charge on any atom is 0.200 e. The number of hydrogen-bond donors (Lipinski definition) is 0. The summed E-state index contributed by atoms with van der Waals surface area (Å²) in [6.45, 7) is 15.3. The molecular weight excluding hydrogens is 613 g/mol. The molecule has 0 spiro atoms. The van der Waals surface area contributed by atoms with Crippen molar-refractivity contribution in [3.63, 3.8) is 0 Å². The molecule has 2 rings (SSSR count). The molecular formula is C39H75Cl2N3O2. The number of fused-ring (bicyclic) bond motifs is 1. The van der Waals surface area contributed by atoms with Crippen molar-refractivity contribution in [3.05, 3.63) is 48.6 Å². The van der Waals surface area contributed by atoms with Crippen LogP contribution in [-0.4, -0.2) is 49.3 Å². The molecule has 0 amide bonds. The normalized spacial score (nSPS) is 12.8. The van der Waals surface area contributed by atoms with Crippen molar-refractivity contribution in [2.24, 2.45) is 0 Å². The number of allylic oxidation sites excluding steroid dienone is 2. The number of unbranched alkanes of at least 4 members (excludes halogenated alkanes) is 16. The fraction of sp³-hybridized carbons (Fsp3) is 0.769. The lowest BCUT2D eigenvalue weighted by Crippen LogP contribution is -2.24. The van der Waals surface area contributed by atoms with Crippen molar-refractivity contribution < 1.29 is 9.47 Å². The molecule has 1 aromatic heterocycles. The molecule has 1 unspecified atom stereocenters. The topological polar surface area (TPSA) is 37.8 Å². The van der Waals surface area contributed by atoms with Crippen LogP contribution in [0.1, 0.15) is 161 Å². The van der Waals surface area contributed by atoms with Gasteiger partial charge in [0.2, 0.25) is 0 Å². The minimum atomic E-state index is -0.0956. The predicted molar refractivity (Wildman–Crippen MR) is 208 cm³/mol. The highest BCUT2D eigenvalue weighted by atomic mass is 35.5. The van der Waals surface area contributed by atoms with E-state index in [-0.39, 0.29) is 31.1 Å². The van der Waals surface area contributed by atoms with Gasteiger partial charge in [-0.15, -0.1) is 24.8 Å². The van der Waals surface area contributed by atoms with Gasteiger partial charge in [0, 0.05) is 57.8 Å². The van der Waals surface area contributed by atoms with E-state index < -0.39 is 0 Å². The van der Waals surface area contributed by atoms with Gasteiger partial charge in [0.15, 0.2) is 6.29 Å². The maximum absolute atomic E-state index is 5.50. The predicted octanol–water partition coefficient (Wildman–Crippen LogP) is 12.5. The van der Waals surface area contributed by atoms with Gasteiger partial charge in [0.1, 0.15) is 5.75 Å². The van der Waals surface area contributed by atoms with Crippen molar-refractivity contribution in [2.45, 2.75) is 169 Å². The van der Waals surface area contributed by atoms with Gasteiger partial charge in [-0.05, 0) is 31.7 Å². The summed E-state index contributed by atoms with van der Waals surface area (Å²) in [4.78, 5) is 8.25. The Labute approximate surface area is 299 Å². The first-order valence-corrected chi connectivity index (χ1v) is 18.2. The number of pyridine rings is 1. The Bertz CT molecular complexity index is 782. The molecule has 272 valence electrons. The summed E-state index contributed by atoms with van der Waals surface area (Å²) >= 11 is 0. The molecule has 46 heavy (non-hydrogen) atoms. The molecule has 5 nitrogen and oxygen atoms in total. The summed E-state index contributed by atoms with van der Waals surface area (Å²) in [5.41, 5.74) is 3.61. The van der Waals surface area contributed by atoms with E-state index in [4.69, 9.17) is 9.47 Å². The summed E-state index contributed by atoms with van der Waals surface area (Å²) in [7, 11) is 8.32. The van der Waals surface area contributed by atoms with Crippen molar-refractivity contribution >= 4 is 24.8 Å². The van der Waals surface area contributed by atoms with E-state index in [1.807, 2.05) is 13.0 Å². The fourth-order valence-electron chi connectivity index (χ4n) is 4.92. The number of rotatable bonds is 23. The molecule has 0 N–H and O–H groups in total. The van der Waals surface area contributed by atoms with Crippen LogP contribution >= 0.6 is 24.8 Å². The Hall–Kier alpha value is -1.43. The van der Waals surface area contributed by atoms with Crippen LogP contribution in [0.25, 0.3) is 0 Å². The van der Waals surface area contributed by atoms with Gasteiger partial charge in [-0.2, -0.15) is 0 Å². The van der Waals surface area contributed by atoms with Crippen molar-refractivity contribution in [2.75, 3.05) is 28.2 Å². The van der Waals surface area contributed by atoms with E-state index in [1.165, 1.54) is 140 Å².